The second-order valence-corrected chi connectivity index (χ2v) is 32.9. The van der Waals surface area contributed by atoms with Gasteiger partial charge in [0.05, 0.1) is 54.9 Å². The Hall–Kier alpha value is -10.1. The van der Waals surface area contributed by atoms with Crippen LogP contribution >= 0.6 is 90.4 Å². The maximum Gasteiger partial charge on any atom is 1.00 e. The summed E-state index contributed by atoms with van der Waals surface area (Å²) in [5.74, 6) is -0.662. The number of carboxylic acid groups (broad SMARTS) is 1. The van der Waals surface area contributed by atoms with Crippen LogP contribution in [0.25, 0.3) is 0 Å². The summed E-state index contributed by atoms with van der Waals surface area (Å²) >= 11 is 8.91. The molecule has 615 valence electrons. The van der Waals surface area contributed by atoms with Crippen molar-refractivity contribution in [3.63, 3.8) is 0 Å². The summed E-state index contributed by atoms with van der Waals surface area (Å²) in [6, 6.07) is 90.1. The first-order chi connectivity index (χ1) is 57.9. The number of aliphatic hydroxyl groups excluding tert-OH is 1. The van der Waals surface area contributed by atoms with E-state index in [-0.39, 0.29) is 110 Å². The number of carbonyl (C=O) groups is 6. The molecule has 27 heteroatoms. The summed E-state index contributed by atoms with van der Waals surface area (Å²) in [5.41, 5.74) is 12.2. The molecule has 0 unspecified atom stereocenters. The van der Waals surface area contributed by atoms with Crippen LogP contribution in [-0.4, -0.2) is 129 Å². The van der Waals surface area contributed by atoms with E-state index < -0.39 is 24.1 Å². The van der Waals surface area contributed by atoms with Gasteiger partial charge >= 0.3 is 43.1 Å². The number of ether oxygens (including phenoxy) is 6. The number of alkyl carbamates (subject to hydrolysis) is 1. The third kappa shape index (κ3) is 30.2. The first-order valence-corrected chi connectivity index (χ1v) is 42.7. The van der Waals surface area contributed by atoms with Gasteiger partial charge in [0, 0.05) is 47.0 Å². The molecule has 3 aliphatic heterocycles. The van der Waals surface area contributed by atoms with Crippen LogP contribution < -0.4 is 38.4 Å². The van der Waals surface area contributed by atoms with Gasteiger partial charge < -0.3 is 45.4 Å². The number of hydrogen-bond donors (Lipinski definition) is 3. The summed E-state index contributed by atoms with van der Waals surface area (Å²) in [6.45, 7) is 3.92. The molecule has 3 fully saturated rings. The number of benzene rings is 10. The van der Waals surface area contributed by atoms with Crippen molar-refractivity contribution in [1.82, 2.24) is 35.1 Å². The molecule has 0 bridgehead atoms. The number of nitrogens with one attached hydrogen (secondary N) is 1. The van der Waals surface area contributed by atoms with Crippen LogP contribution in [-0.2, 0) is 93.4 Å². The Bertz CT molecular complexity index is 5250. The van der Waals surface area contributed by atoms with Crippen LogP contribution in [0.5, 0.6) is 17.5 Å². The van der Waals surface area contributed by atoms with Gasteiger partial charge in [0.15, 0.2) is 0 Å². The molecule has 12 aromatic rings. The number of aliphatic carboxylic acids is 1. The van der Waals surface area contributed by atoms with Gasteiger partial charge in [-0.25, -0.2) is 39.1 Å². The molecule has 121 heavy (non-hydrogen) atoms. The molecule has 3 saturated heterocycles. The Morgan fingerprint density at radius 2 is 0.843 bits per heavy atom. The monoisotopic (exact) mass is 2060 g/mol. The molecule has 5 amide bonds. The fraction of sp³-hybridized carbons (Fsp3) is 0.213. The normalized spacial score (nSPS) is 14.6. The van der Waals surface area contributed by atoms with Gasteiger partial charge in [0.25, 0.3) is 5.88 Å². The number of aliphatic hydroxyl groups is 1. The molecular weight excluding hydrogens is 1980 g/mol. The molecule has 10 aromatic carbocycles. The van der Waals surface area contributed by atoms with E-state index in [0.29, 0.717) is 74.6 Å². The van der Waals surface area contributed by atoms with Gasteiger partial charge in [0.2, 0.25) is 23.4 Å². The quantitative estimate of drug-likeness (QED) is 0.0245. The molecule has 5 atom stereocenters. The molecule has 15 rings (SSSR count). The third-order valence-corrected chi connectivity index (χ3v) is 22.2. The zero-order valence-corrected chi connectivity index (χ0v) is 75.2. The largest absolute Gasteiger partial charge is 1.00 e. The van der Waals surface area contributed by atoms with Crippen molar-refractivity contribution in [1.29, 1.82) is 0 Å². The second kappa shape index (κ2) is 49.7. The van der Waals surface area contributed by atoms with Crippen molar-refractivity contribution < 1.29 is 87.7 Å². The number of halogens is 4. The van der Waals surface area contributed by atoms with Gasteiger partial charge in [-0.3, -0.25) is 14.4 Å². The standard InChI is InChI=1S/C31H28IN3O4.C27H25IN2O3.C18H16INO3.C10H11NO2.C8H7IO2.B.Li.H/c1-21-28(33-20-34-29(21)38-18-23-10-6-3-7-11-23)17-27(24-12-14-25(32)15-13-24)30(36)35-26(19-39-31(35)37)16-22-8-4-2-5-9-22;28-24-13-11-22(12-14-24)23(16-31)15-25-26(32-17-20-7-3-1-4-8-20)27(30-19-29-25)33-18-21-9-5-2-6-10-21;19-15-8-6-14(7-9-15)11-17(21)20-16(12-23-18(20)22)10-13-4-2-1-3-5-13;12-10-11-9(7-13-10)6-8-4-2-1-3-5-8;9-7-3-1-6(2-4-7)5-8(10)11;;;/h2-15,20,26-27H,16-19H2,1H3;1-14,19,23,31H,15-18H2;1-9,16H,10-12H2;1-5,9H,6-7H2,(H,11,12);1-4H,5H2,(H,10,11);;;/q;;;;;;+1;-1/t26-,27-;23-;16-;9-;;;;/m0100..../s1. The maximum absolute atomic E-state index is 14.1. The van der Waals surface area contributed by atoms with Crippen molar-refractivity contribution in [3.05, 3.63) is 379 Å². The Morgan fingerprint density at radius 3 is 1.29 bits per heavy atom. The Labute approximate surface area is 774 Å². The summed E-state index contributed by atoms with van der Waals surface area (Å²) in [6.07, 6.45) is 4.59. The van der Waals surface area contributed by atoms with Crippen molar-refractivity contribution in [2.24, 2.45) is 0 Å². The minimum absolute atomic E-state index is 0. The third-order valence-electron chi connectivity index (χ3n) is 19.3. The fourth-order valence-corrected chi connectivity index (χ4v) is 14.5. The number of imide groups is 2. The number of rotatable bonds is 27. The Kier molecular flexibility index (Phi) is 39.0. The first kappa shape index (κ1) is 94.8. The van der Waals surface area contributed by atoms with E-state index in [1.54, 1.807) is 0 Å². The van der Waals surface area contributed by atoms with Gasteiger partial charge in [0.1, 0.15) is 52.3 Å². The van der Waals surface area contributed by atoms with E-state index in [2.05, 4.69) is 116 Å². The van der Waals surface area contributed by atoms with E-state index in [9.17, 15) is 33.9 Å². The Balaban J connectivity index is 0.000000201. The molecule has 3 radical (unpaired) electrons. The van der Waals surface area contributed by atoms with Gasteiger partial charge in [-0.2, -0.15) is 4.98 Å². The average Bonchev–Trinajstić information content (AvgIpc) is 1.54. The number of carboxylic acids is 1. The van der Waals surface area contributed by atoms with Crippen LogP contribution in [0.2, 0.25) is 0 Å². The van der Waals surface area contributed by atoms with E-state index in [1.165, 1.54) is 28.0 Å². The van der Waals surface area contributed by atoms with Crippen LogP contribution in [0.1, 0.15) is 85.8 Å². The smallest absolute Gasteiger partial charge is 1.00 e. The van der Waals surface area contributed by atoms with E-state index in [1.807, 2.05) is 286 Å². The van der Waals surface area contributed by atoms with Gasteiger partial charge in [-0.05, 0) is 221 Å². The molecule has 0 spiro atoms. The summed E-state index contributed by atoms with van der Waals surface area (Å²) in [5, 5.41) is 21.3. The van der Waals surface area contributed by atoms with Gasteiger partial charge in [-0.15, -0.1) is 0 Å². The first-order valence-electron chi connectivity index (χ1n) is 38.4. The predicted molar refractivity (Wildman–Crippen MR) is 492 cm³/mol. The molecular formula is C94H88BI4LiN7O14. The van der Waals surface area contributed by atoms with E-state index in [0.717, 1.165) is 76.3 Å². The number of cyclic esters (lactones) is 3. The van der Waals surface area contributed by atoms with Gasteiger partial charge in [-0.1, -0.05) is 231 Å². The molecule has 2 aromatic heterocycles. The number of hydrogen-bond acceptors (Lipinski definition) is 17. The molecule has 5 heterocycles. The number of nitrogens with zero attached hydrogens (tertiary/aromatic N) is 6. The minimum Gasteiger partial charge on any atom is -1.00 e. The summed E-state index contributed by atoms with van der Waals surface area (Å²) in [7, 11) is 0. The summed E-state index contributed by atoms with van der Waals surface area (Å²) < 4.78 is 38.0. The van der Waals surface area contributed by atoms with Crippen LogP contribution in [0.4, 0.5) is 14.4 Å². The van der Waals surface area contributed by atoms with Crippen molar-refractivity contribution in [2.75, 3.05) is 26.4 Å². The number of amides is 5. The zero-order valence-electron chi connectivity index (χ0n) is 67.6. The average molecular weight is 2070 g/mol. The topological polar surface area (TPSA) is 268 Å². The molecule has 0 aliphatic carbocycles. The van der Waals surface area contributed by atoms with Crippen LogP contribution in [0.15, 0.2) is 292 Å². The molecule has 3 N–H and O–H groups in total. The molecule has 3 aliphatic rings. The fourth-order valence-electron chi connectivity index (χ4n) is 13.1. The predicted octanol–water partition coefficient (Wildman–Crippen LogP) is 14.9. The van der Waals surface area contributed by atoms with Crippen molar-refractivity contribution in [2.45, 2.75) is 102 Å². The molecule has 0 saturated carbocycles. The SMILES string of the molecule is Cc1c(C[C@H](C(=O)N2C(=O)OC[C@@H]2Cc2ccccc2)c2ccc(I)cc2)ncnc1OCc1ccccc1.O=C(Cc1ccc(I)cc1)N1C(=O)OC[C@@H]1Cc1ccccc1.O=C(O)Cc1ccc(I)cc1.O=C1N[C@@H](Cc2ccccc2)CO1.OC[C@@H](Cc1ncnc(OCc2ccccc2)c1OCc1ccccc1)c1ccc(I)cc1.[B].[H-].[Li+]. The maximum atomic E-state index is 14.1. The number of aromatic nitrogens is 4. The summed E-state index contributed by atoms with van der Waals surface area (Å²) in [4.78, 5) is 92.7. The number of carbonyl (C=O) groups excluding carboxylic acids is 5. The van der Waals surface area contributed by atoms with Crippen molar-refractivity contribution >= 4 is 135 Å². The van der Waals surface area contributed by atoms with Crippen LogP contribution in [0.3, 0.4) is 0 Å². The second-order valence-electron chi connectivity index (χ2n) is 27.9. The minimum atomic E-state index is -0.786. The molecule has 21 nitrogen and oxygen atoms in total. The van der Waals surface area contributed by atoms with E-state index in [4.69, 9.17) is 33.5 Å². The van der Waals surface area contributed by atoms with Crippen LogP contribution in [0, 0.1) is 21.2 Å². The Morgan fingerprint density at radius 1 is 0.455 bits per heavy atom. The zero-order chi connectivity index (χ0) is 83.7. The van der Waals surface area contributed by atoms with Crippen molar-refractivity contribution in [3.8, 4) is 17.5 Å². The van der Waals surface area contributed by atoms with E-state index >= 15 is 0 Å².